The molecule has 2 N–H and O–H groups in total. The Labute approximate surface area is 101 Å². The number of thiazole rings is 1. The molecule has 0 saturated heterocycles. The third-order valence-corrected chi connectivity index (χ3v) is 3.83. The number of nitrogens with two attached hydrogens (primary N) is 1. The molecule has 1 saturated carbocycles. The lowest BCUT2D eigenvalue weighted by Crippen LogP contribution is -1.90. The van der Waals surface area contributed by atoms with E-state index in [9.17, 15) is 8.78 Å². The molecule has 0 radical (unpaired) electrons. The van der Waals surface area contributed by atoms with Crippen LogP contribution in [0, 0.1) is 11.6 Å². The van der Waals surface area contributed by atoms with Gasteiger partial charge in [-0.25, -0.2) is 13.8 Å². The lowest BCUT2D eigenvalue weighted by atomic mass is 10.1. The van der Waals surface area contributed by atoms with E-state index in [1.165, 1.54) is 23.5 Å². The Balaban J connectivity index is 2.07. The minimum atomic E-state index is -0.621. The van der Waals surface area contributed by atoms with Gasteiger partial charge in [0.1, 0.15) is 22.3 Å². The Morgan fingerprint density at radius 1 is 1.29 bits per heavy atom. The van der Waals surface area contributed by atoms with E-state index in [1.54, 1.807) is 0 Å². The van der Waals surface area contributed by atoms with Gasteiger partial charge >= 0.3 is 0 Å². The third-order valence-electron chi connectivity index (χ3n) is 2.78. The maximum absolute atomic E-state index is 13.6. The van der Waals surface area contributed by atoms with Gasteiger partial charge in [0.2, 0.25) is 0 Å². The molecule has 0 atom stereocenters. The minimum absolute atomic E-state index is 0.270. The van der Waals surface area contributed by atoms with Crippen LogP contribution >= 0.6 is 11.3 Å². The summed E-state index contributed by atoms with van der Waals surface area (Å²) in [5, 5.41) is 1.46. The van der Waals surface area contributed by atoms with Gasteiger partial charge in [0.05, 0.1) is 5.01 Å². The zero-order valence-electron chi connectivity index (χ0n) is 8.91. The van der Waals surface area contributed by atoms with E-state index in [0.29, 0.717) is 16.6 Å². The molecule has 0 spiro atoms. The molecular weight excluding hydrogens is 242 g/mol. The van der Waals surface area contributed by atoms with Crippen LogP contribution < -0.4 is 5.73 Å². The number of benzene rings is 1. The van der Waals surface area contributed by atoms with E-state index in [1.807, 2.05) is 0 Å². The average Bonchev–Trinajstić information content (AvgIpc) is 3.04. The number of hydrogen-bond donors (Lipinski definition) is 1. The van der Waals surface area contributed by atoms with Crippen LogP contribution in [0.3, 0.4) is 0 Å². The molecule has 2 aromatic rings. The highest BCUT2D eigenvalue weighted by Gasteiger charge is 2.28. The Hall–Kier alpha value is -1.49. The highest BCUT2D eigenvalue weighted by molar-refractivity contribution is 7.16. The minimum Gasteiger partial charge on any atom is -0.389 e. The first-order chi connectivity index (χ1) is 8.15. The first kappa shape index (κ1) is 10.7. The summed E-state index contributed by atoms with van der Waals surface area (Å²) < 4.78 is 26.4. The lowest BCUT2D eigenvalue weighted by molar-refractivity contribution is 0.585. The summed E-state index contributed by atoms with van der Waals surface area (Å²) in [5.74, 6) is -0.730. The number of hydrogen-bond acceptors (Lipinski definition) is 3. The summed E-state index contributed by atoms with van der Waals surface area (Å²) >= 11 is 1.40. The first-order valence-corrected chi connectivity index (χ1v) is 6.18. The van der Waals surface area contributed by atoms with E-state index in [4.69, 9.17) is 5.73 Å². The van der Waals surface area contributed by atoms with Gasteiger partial charge in [-0.2, -0.15) is 0 Å². The molecule has 2 nitrogen and oxygen atoms in total. The van der Waals surface area contributed by atoms with Crippen LogP contribution in [0.1, 0.15) is 23.8 Å². The molecular formula is C12H10F2N2S. The van der Waals surface area contributed by atoms with E-state index < -0.39 is 11.6 Å². The molecule has 1 aromatic carbocycles. The fraction of sp³-hybridized carbons (Fsp3) is 0.250. The number of anilines is 1. The molecule has 17 heavy (non-hydrogen) atoms. The quantitative estimate of drug-likeness (QED) is 0.887. The monoisotopic (exact) mass is 252 g/mol. The van der Waals surface area contributed by atoms with Crippen molar-refractivity contribution in [2.45, 2.75) is 18.8 Å². The van der Waals surface area contributed by atoms with Crippen molar-refractivity contribution in [2.24, 2.45) is 0 Å². The van der Waals surface area contributed by atoms with Crippen molar-refractivity contribution in [1.82, 2.24) is 4.98 Å². The van der Waals surface area contributed by atoms with Crippen molar-refractivity contribution >= 4 is 16.3 Å². The van der Waals surface area contributed by atoms with Crippen molar-refractivity contribution in [3.8, 4) is 11.3 Å². The van der Waals surface area contributed by atoms with E-state index in [-0.39, 0.29) is 5.56 Å². The summed E-state index contributed by atoms with van der Waals surface area (Å²) in [7, 11) is 0. The van der Waals surface area contributed by atoms with Gasteiger partial charge in [0.25, 0.3) is 0 Å². The second-order valence-corrected chi connectivity index (χ2v) is 5.23. The summed E-state index contributed by atoms with van der Waals surface area (Å²) in [6.45, 7) is 0. The van der Waals surface area contributed by atoms with Gasteiger partial charge in [0, 0.05) is 17.5 Å². The topological polar surface area (TPSA) is 38.9 Å². The summed E-state index contributed by atoms with van der Waals surface area (Å²) in [4.78, 5) is 4.36. The van der Waals surface area contributed by atoms with Gasteiger partial charge < -0.3 is 5.73 Å². The van der Waals surface area contributed by atoms with Crippen molar-refractivity contribution in [3.63, 3.8) is 0 Å². The molecule has 0 bridgehead atoms. The summed E-state index contributed by atoms with van der Waals surface area (Å²) in [5.41, 5.74) is 6.55. The van der Waals surface area contributed by atoms with Crippen LogP contribution in [-0.4, -0.2) is 4.98 Å². The number of rotatable bonds is 2. The second-order valence-electron chi connectivity index (χ2n) is 4.16. The van der Waals surface area contributed by atoms with Crippen molar-refractivity contribution in [2.75, 3.05) is 5.73 Å². The molecule has 3 rings (SSSR count). The Morgan fingerprint density at radius 3 is 2.71 bits per heavy atom. The Morgan fingerprint density at radius 2 is 2.06 bits per heavy atom. The fourth-order valence-electron chi connectivity index (χ4n) is 1.73. The molecule has 5 heteroatoms. The van der Waals surface area contributed by atoms with Gasteiger partial charge in [-0.15, -0.1) is 11.3 Å². The van der Waals surface area contributed by atoms with Crippen LogP contribution in [0.15, 0.2) is 18.2 Å². The highest BCUT2D eigenvalue weighted by atomic mass is 32.1. The largest absolute Gasteiger partial charge is 0.389 e. The molecule has 88 valence electrons. The number of aromatic nitrogens is 1. The Kier molecular flexibility index (Phi) is 2.36. The van der Waals surface area contributed by atoms with Crippen molar-refractivity contribution < 1.29 is 8.78 Å². The average molecular weight is 252 g/mol. The standard InChI is InChI=1S/C12H10F2N2S/c13-7-3-4-8(9(14)5-7)10-11(15)17-12(16-10)6-1-2-6/h3-6H,1-2,15H2. The smallest absolute Gasteiger partial charge is 0.135 e. The highest BCUT2D eigenvalue weighted by Crippen LogP contribution is 2.45. The molecule has 1 fully saturated rings. The molecule has 0 unspecified atom stereocenters. The maximum Gasteiger partial charge on any atom is 0.135 e. The van der Waals surface area contributed by atoms with Crippen LogP contribution in [-0.2, 0) is 0 Å². The second kappa shape index (κ2) is 3.77. The predicted molar refractivity (Wildman–Crippen MR) is 63.9 cm³/mol. The van der Waals surface area contributed by atoms with Crippen molar-refractivity contribution in [3.05, 3.63) is 34.8 Å². The molecule has 0 aliphatic heterocycles. The Bertz CT molecular complexity index is 576. The summed E-state index contributed by atoms with van der Waals surface area (Å²) in [6.07, 6.45) is 2.25. The molecule has 0 amide bonds. The molecule has 1 heterocycles. The maximum atomic E-state index is 13.6. The van der Waals surface area contributed by atoms with Gasteiger partial charge in [-0.3, -0.25) is 0 Å². The fourth-order valence-corrected chi connectivity index (χ4v) is 2.75. The molecule has 1 aromatic heterocycles. The van der Waals surface area contributed by atoms with Crippen LogP contribution in [0.2, 0.25) is 0 Å². The van der Waals surface area contributed by atoms with Gasteiger partial charge in [-0.05, 0) is 25.0 Å². The van der Waals surface area contributed by atoms with Crippen LogP contribution in [0.4, 0.5) is 13.8 Å². The number of nitrogens with zero attached hydrogens (tertiary/aromatic N) is 1. The van der Waals surface area contributed by atoms with E-state index >= 15 is 0 Å². The zero-order valence-corrected chi connectivity index (χ0v) is 9.73. The number of halogens is 2. The van der Waals surface area contributed by atoms with Gasteiger partial charge in [-0.1, -0.05) is 0 Å². The SMILES string of the molecule is Nc1sc(C2CC2)nc1-c1ccc(F)cc1F. The van der Waals surface area contributed by atoms with Crippen LogP contribution in [0.25, 0.3) is 11.3 Å². The summed E-state index contributed by atoms with van der Waals surface area (Å²) in [6, 6.07) is 3.45. The van der Waals surface area contributed by atoms with E-state index in [0.717, 1.165) is 23.9 Å². The van der Waals surface area contributed by atoms with Crippen LogP contribution in [0.5, 0.6) is 0 Å². The lowest BCUT2D eigenvalue weighted by Gasteiger charge is -2.00. The van der Waals surface area contributed by atoms with E-state index in [2.05, 4.69) is 4.98 Å². The third kappa shape index (κ3) is 1.91. The zero-order chi connectivity index (χ0) is 12.0. The normalized spacial score (nSPS) is 15.2. The van der Waals surface area contributed by atoms with Crippen molar-refractivity contribution in [1.29, 1.82) is 0 Å². The molecule has 1 aliphatic rings. The predicted octanol–water partition coefficient (Wildman–Crippen LogP) is 3.55. The number of nitrogen functional groups attached to an aromatic ring is 1. The van der Waals surface area contributed by atoms with Gasteiger partial charge in [0.15, 0.2) is 0 Å². The molecule has 1 aliphatic carbocycles. The first-order valence-electron chi connectivity index (χ1n) is 5.37.